The summed E-state index contributed by atoms with van der Waals surface area (Å²) in [5.41, 5.74) is 0.798. The molecule has 36 heavy (non-hydrogen) atoms. The third-order valence-corrected chi connectivity index (χ3v) is 5.94. The van der Waals surface area contributed by atoms with Gasteiger partial charge in [-0.3, -0.25) is 14.2 Å². The van der Waals surface area contributed by atoms with E-state index in [2.05, 4.69) is 5.32 Å². The Morgan fingerprint density at radius 2 is 1.64 bits per heavy atom. The van der Waals surface area contributed by atoms with E-state index in [1.807, 2.05) is 0 Å². The minimum absolute atomic E-state index is 0.0276. The molecular weight excluding hydrogens is 461 g/mol. The molecule has 1 amide bonds. The molecule has 8 heteroatoms. The molecule has 5 aromatic rings. The molecule has 0 unspecified atom stereocenters. The fraction of sp³-hybridized carbons (Fsp3) is 0.107. The number of benzene rings is 3. The van der Waals surface area contributed by atoms with Crippen LogP contribution in [0.15, 0.2) is 105 Å². The van der Waals surface area contributed by atoms with Crippen LogP contribution in [0.25, 0.3) is 16.6 Å². The Bertz CT molecular complexity index is 1650. The fourth-order valence-electron chi connectivity index (χ4n) is 4.11. The van der Waals surface area contributed by atoms with Crippen LogP contribution in [0.5, 0.6) is 0 Å². The average molecular weight is 483 g/mol. The number of carbonyl (C=O) groups excluding carboxylic acids is 1. The number of nitrogens with zero attached hydrogens (tertiary/aromatic N) is 2. The first kappa shape index (κ1) is 23.0. The monoisotopic (exact) mass is 483 g/mol. The summed E-state index contributed by atoms with van der Waals surface area (Å²) in [5.74, 6) is 0.0382. The Morgan fingerprint density at radius 3 is 2.39 bits per heavy atom. The van der Waals surface area contributed by atoms with Crippen LogP contribution in [0.1, 0.15) is 16.9 Å². The van der Waals surface area contributed by atoms with Gasteiger partial charge in [0, 0.05) is 5.56 Å². The van der Waals surface area contributed by atoms with Gasteiger partial charge in [-0.15, -0.1) is 0 Å². The number of para-hydroxylation sites is 1. The Balaban J connectivity index is 1.47. The molecule has 0 saturated heterocycles. The Hall–Kier alpha value is -4.72. The molecule has 0 saturated carbocycles. The maximum absolute atomic E-state index is 14.4. The lowest BCUT2D eigenvalue weighted by molar-refractivity contribution is -0.120. The van der Waals surface area contributed by atoms with E-state index in [1.165, 1.54) is 10.6 Å². The summed E-state index contributed by atoms with van der Waals surface area (Å²) in [7, 11) is 0. The number of amides is 1. The first-order chi connectivity index (χ1) is 17.5. The van der Waals surface area contributed by atoms with Crippen molar-refractivity contribution in [1.82, 2.24) is 14.5 Å². The standard InChI is InChI=1S/C28H22FN3O4/c29-24-9-3-1-6-20(24)18-31-25-10-4-2-8-23(25)27(34)32(28(31)35)21-13-11-19(12-14-21)16-26(33)30-17-22-7-5-15-36-22/h1-15H,16-18H2,(H,30,33). The number of hydrogen-bond acceptors (Lipinski definition) is 4. The number of halogens is 1. The summed E-state index contributed by atoms with van der Waals surface area (Å²) in [6.45, 7) is 0.262. The van der Waals surface area contributed by atoms with Gasteiger partial charge in [0.2, 0.25) is 5.91 Å². The van der Waals surface area contributed by atoms with Crippen molar-refractivity contribution in [1.29, 1.82) is 0 Å². The van der Waals surface area contributed by atoms with Crippen molar-refractivity contribution in [2.24, 2.45) is 0 Å². The molecule has 2 heterocycles. The zero-order valence-corrected chi connectivity index (χ0v) is 19.2. The first-order valence-electron chi connectivity index (χ1n) is 11.4. The highest BCUT2D eigenvalue weighted by Crippen LogP contribution is 2.15. The lowest BCUT2D eigenvalue weighted by atomic mass is 10.1. The molecule has 0 bridgehead atoms. The topological polar surface area (TPSA) is 86.2 Å². The largest absolute Gasteiger partial charge is 0.467 e. The maximum Gasteiger partial charge on any atom is 0.336 e. The van der Waals surface area contributed by atoms with Gasteiger partial charge >= 0.3 is 5.69 Å². The van der Waals surface area contributed by atoms with Crippen LogP contribution in [-0.2, 0) is 24.3 Å². The molecule has 0 aliphatic heterocycles. The lowest BCUT2D eigenvalue weighted by Gasteiger charge is -2.15. The minimum Gasteiger partial charge on any atom is -0.467 e. The highest BCUT2D eigenvalue weighted by Gasteiger charge is 2.16. The minimum atomic E-state index is -0.578. The summed E-state index contributed by atoms with van der Waals surface area (Å²) < 4.78 is 22.0. The van der Waals surface area contributed by atoms with Crippen LogP contribution in [-0.4, -0.2) is 15.0 Å². The Morgan fingerprint density at radius 1 is 0.889 bits per heavy atom. The number of carbonyl (C=O) groups is 1. The zero-order valence-electron chi connectivity index (χ0n) is 19.2. The van der Waals surface area contributed by atoms with Gasteiger partial charge in [-0.25, -0.2) is 13.8 Å². The van der Waals surface area contributed by atoms with Crippen molar-refractivity contribution in [2.45, 2.75) is 19.5 Å². The summed E-state index contributed by atoms with van der Waals surface area (Å²) in [6, 6.07) is 23.2. The van der Waals surface area contributed by atoms with Crippen LogP contribution in [0.2, 0.25) is 0 Å². The van der Waals surface area contributed by atoms with E-state index in [0.29, 0.717) is 27.9 Å². The smallest absolute Gasteiger partial charge is 0.336 e. The molecule has 0 aliphatic rings. The molecule has 3 aromatic carbocycles. The van der Waals surface area contributed by atoms with Gasteiger partial charge in [0.25, 0.3) is 5.56 Å². The van der Waals surface area contributed by atoms with E-state index in [9.17, 15) is 18.8 Å². The lowest BCUT2D eigenvalue weighted by Crippen LogP contribution is -2.39. The van der Waals surface area contributed by atoms with E-state index in [0.717, 1.165) is 10.1 Å². The van der Waals surface area contributed by atoms with Gasteiger partial charge in [0.15, 0.2) is 0 Å². The SMILES string of the molecule is O=C(Cc1ccc(-n2c(=O)c3ccccc3n(Cc3ccccc3F)c2=O)cc1)NCc1ccco1. The quantitative estimate of drug-likeness (QED) is 0.382. The van der Waals surface area contributed by atoms with Crippen molar-refractivity contribution in [3.05, 3.63) is 135 Å². The Kier molecular flexibility index (Phi) is 6.32. The van der Waals surface area contributed by atoms with Crippen molar-refractivity contribution >= 4 is 16.8 Å². The summed E-state index contributed by atoms with van der Waals surface area (Å²) >= 11 is 0. The molecule has 0 radical (unpaired) electrons. The number of aromatic nitrogens is 2. The van der Waals surface area contributed by atoms with Gasteiger partial charge in [-0.05, 0) is 48.0 Å². The third-order valence-electron chi connectivity index (χ3n) is 5.94. The second-order valence-corrected chi connectivity index (χ2v) is 8.32. The van der Waals surface area contributed by atoms with E-state index in [4.69, 9.17) is 4.42 Å². The Labute approximate surface area is 205 Å². The molecule has 0 atom stereocenters. The molecule has 1 N–H and O–H groups in total. The van der Waals surface area contributed by atoms with Gasteiger partial charge in [0.05, 0.1) is 42.4 Å². The van der Waals surface area contributed by atoms with Crippen LogP contribution in [0, 0.1) is 5.82 Å². The van der Waals surface area contributed by atoms with E-state index >= 15 is 0 Å². The number of hydrogen-bond donors (Lipinski definition) is 1. The third kappa shape index (κ3) is 4.61. The van der Waals surface area contributed by atoms with Crippen LogP contribution >= 0.6 is 0 Å². The van der Waals surface area contributed by atoms with E-state index < -0.39 is 17.1 Å². The normalized spacial score (nSPS) is 11.0. The summed E-state index contributed by atoms with van der Waals surface area (Å²) in [5, 5.41) is 3.12. The molecule has 0 aliphatic carbocycles. The molecule has 180 valence electrons. The number of fused-ring (bicyclic) bond motifs is 1. The maximum atomic E-state index is 14.4. The fourth-order valence-corrected chi connectivity index (χ4v) is 4.11. The molecule has 7 nitrogen and oxygen atoms in total. The summed E-state index contributed by atoms with van der Waals surface area (Å²) in [4.78, 5) is 39.1. The molecule has 2 aromatic heterocycles. The van der Waals surface area contributed by atoms with E-state index in [-0.39, 0.29) is 25.4 Å². The summed E-state index contributed by atoms with van der Waals surface area (Å²) in [6.07, 6.45) is 1.67. The highest BCUT2D eigenvalue weighted by molar-refractivity contribution is 5.79. The van der Waals surface area contributed by atoms with Crippen molar-refractivity contribution in [2.75, 3.05) is 0 Å². The zero-order chi connectivity index (χ0) is 25.1. The van der Waals surface area contributed by atoms with Crippen molar-refractivity contribution in [3.8, 4) is 5.69 Å². The van der Waals surface area contributed by atoms with Crippen molar-refractivity contribution in [3.63, 3.8) is 0 Å². The van der Waals surface area contributed by atoms with Gasteiger partial charge in [0.1, 0.15) is 11.6 Å². The van der Waals surface area contributed by atoms with Gasteiger partial charge in [-0.2, -0.15) is 0 Å². The first-order valence-corrected chi connectivity index (χ1v) is 11.4. The second-order valence-electron chi connectivity index (χ2n) is 8.32. The average Bonchev–Trinajstić information content (AvgIpc) is 3.41. The predicted octanol–water partition coefficient (Wildman–Crippen LogP) is 3.79. The number of nitrogens with one attached hydrogen (secondary N) is 1. The molecular formula is C28H22FN3O4. The number of furan rings is 1. The molecule has 0 fully saturated rings. The van der Waals surface area contributed by atoms with Crippen LogP contribution in [0.4, 0.5) is 4.39 Å². The van der Waals surface area contributed by atoms with E-state index in [1.54, 1.807) is 85.1 Å². The van der Waals surface area contributed by atoms with Crippen LogP contribution in [0.3, 0.4) is 0 Å². The molecule has 0 spiro atoms. The number of rotatable bonds is 7. The molecule has 5 rings (SSSR count). The predicted molar refractivity (Wildman–Crippen MR) is 134 cm³/mol. The highest BCUT2D eigenvalue weighted by atomic mass is 19.1. The van der Waals surface area contributed by atoms with Gasteiger partial charge in [-0.1, -0.05) is 42.5 Å². The van der Waals surface area contributed by atoms with Crippen LogP contribution < -0.4 is 16.6 Å². The van der Waals surface area contributed by atoms with Gasteiger partial charge < -0.3 is 9.73 Å². The van der Waals surface area contributed by atoms with Crippen molar-refractivity contribution < 1.29 is 13.6 Å². The second kappa shape index (κ2) is 9.87.